The van der Waals surface area contributed by atoms with E-state index in [-0.39, 0.29) is 12.5 Å². The van der Waals surface area contributed by atoms with Gasteiger partial charge in [0, 0.05) is 12.0 Å². The highest BCUT2D eigenvalue weighted by Crippen LogP contribution is 2.35. The summed E-state index contributed by atoms with van der Waals surface area (Å²) in [4.78, 5) is 0. The van der Waals surface area contributed by atoms with Crippen LogP contribution in [0.15, 0.2) is 36.4 Å². The topological polar surface area (TPSA) is 44.5 Å². The Labute approximate surface area is 141 Å². The molecule has 0 saturated carbocycles. The molecule has 2 aromatic carbocycles. The van der Waals surface area contributed by atoms with Gasteiger partial charge in [0.2, 0.25) is 0 Å². The molecular weight excluding hydrogens is 312 g/mol. The molecule has 1 unspecified atom stereocenters. The van der Waals surface area contributed by atoms with Crippen molar-refractivity contribution in [3.05, 3.63) is 59.2 Å². The Kier molecular flexibility index (Phi) is 6.55. The lowest BCUT2D eigenvalue weighted by atomic mass is 9.91. The quantitative estimate of drug-likeness (QED) is 0.791. The lowest BCUT2D eigenvalue weighted by Gasteiger charge is -2.20. The lowest BCUT2D eigenvalue weighted by Crippen LogP contribution is -2.17. The molecule has 2 rings (SSSR count). The molecule has 0 fully saturated rings. The summed E-state index contributed by atoms with van der Waals surface area (Å²) in [6, 6.07) is 9.22. The van der Waals surface area contributed by atoms with E-state index < -0.39 is 11.6 Å². The molecule has 3 nitrogen and oxygen atoms in total. The van der Waals surface area contributed by atoms with Crippen LogP contribution in [-0.4, -0.2) is 19.8 Å². The number of benzene rings is 2. The van der Waals surface area contributed by atoms with E-state index in [4.69, 9.17) is 15.2 Å². The van der Waals surface area contributed by atoms with Crippen LogP contribution < -0.4 is 15.2 Å². The predicted molar refractivity (Wildman–Crippen MR) is 90.6 cm³/mol. The first-order valence-electron chi connectivity index (χ1n) is 8.13. The fourth-order valence-electron chi connectivity index (χ4n) is 2.72. The smallest absolute Gasteiger partial charge is 0.164 e. The molecule has 0 aliphatic heterocycles. The SMILES string of the molecule is CCOc1cccc(CC(CN)c2ccc(F)cc2F)c1OCC. The van der Waals surface area contributed by atoms with E-state index in [0.29, 0.717) is 36.7 Å². The third-order valence-corrected chi connectivity index (χ3v) is 3.80. The van der Waals surface area contributed by atoms with E-state index in [1.165, 1.54) is 12.1 Å². The summed E-state index contributed by atoms with van der Waals surface area (Å²) in [5.74, 6) is -0.138. The Morgan fingerprint density at radius 3 is 2.42 bits per heavy atom. The molecule has 0 radical (unpaired) electrons. The average Bonchev–Trinajstić information content (AvgIpc) is 2.56. The molecule has 0 bridgehead atoms. The highest BCUT2D eigenvalue weighted by atomic mass is 19.1. The van der Waals surface area contributed by atoms with E-state index in [0.717, 1.165) is 11.6 Å². The highest BCUT2D eigenvalue weighted by Gasteiger charge is 2.19. The fourth-order valence-corrected chi connectivity index (χ4v) is 2.72. The molecule has 130 valence electrons. The second-order valence-electron chi connectivity index (χ2n) is 5.41. The van der Waals surface area contributed by atoms with Crippen molar-refractivity contribution in [1.29, 1.82) is 0 Å². The minimum Gasteiger partial charge on any atom is -0.490 e. The summed E-state index contributed by atoms with van der Waals surface area (Å²) >= 11 is 0. The number of ether oxygens (including phenoxy) is 2. The molecule has 24 heavy (non-hydrogen) atoms. The van der Waals surface area contributed by atoms with Crippen LogP contribution in [-0.2, 0) is 6.42 Å². The van der Waals surface area contributed by atoms with Crippen molar-refractivity contribution in [2.45, 2.75) is 26.2 Å². The molecule has 2 N–H and O–H groups in total. The monoisotopic (exact) mass is 335 g/mol. The van der Waals surface area contributed by atoms with Crippen molar-refractivity contribution in [2.75, 3.05) is 19.8 Å². The number of hydrogen-bond acceptors (Lipinski definition) is 3. The summed E-state index contributed by atoms with van der Waals surface area (Å²) in [6.45, 7) is 5.06. The maximum absolute atomic E-state index is 14.1. The van der Waals surface area contributed by atoms with Crippen LogP contribution in [0, 0.1) is 11.6 Å². The van der Waals surface area contributed by atoms with Gasteiger partial charge in [0.25, 0.3) is 0 Å². The van der Waals surface area contributed by atoms with Crippen molar-refractivity contribution in [1.82, 2.24) is 0 Å². The van der Waals surface area contributed by atoms with Crippen LogP contribution in [0.1, 0.15) is 30.9 Å². The molecule has 2 aromatic rings. The summed E-state index contributed by atoms with van der Waals surface area (Å²) in [5.41, 5.74) is 7.14. The van der Waals surface area contributed by atoms with E-state index >= 15 is 0 Å². The maximum atomic E-state index is 14.1. The van der Waals surface area contributed by atoms with E-state index in [1.807, 2.05) is 32.0 Å². The number of halogens is 2. The maximum Gasteiger partial charge on any atom is 0.164 e. The molecule has 1 atom stereocenters. The molecule has 0 aliphatic rings. The van der Waals surface area contributed by atoms with Gasteiger partial charge in [-0.3, -0.25) is 0 Å². The van der Waals surface area contributed by atoms with E-state index in [2.05, 4.69) is 0 Å². The standard InChI is InChI=1S/C19H23F2NO2/c1-3-23-18-7-5-6-13(19(18)24-4-2)10-14(12-22)16-9-8-15(20)11-17(16)21/h5-9,11,14H,3-4,10,12,22H2,1-2H3. The first-order valence-corrected chi connectivity index (χ1v) is 8.13. The van der Waals surface area contributed by atoms with Gasteiger partial charge in [-0.2, -0.15) is 0 Å². The van der Waals surface area contributed by atoms with Crippen LogP contribution in [0.5, 0.6) is 11.5 Å². The van der Waals surface area contributed by atoms with Crippen molar-refractivity contribution in [3.8, 4) is 11.5 Å². The molecule has 5 heteroatoms. The number of hydrogen-bond donors (Lipinski definition) is 1. The normalized spacial score (nSPS) is 12.0. The Balaban J connectivity index is 2.35. The first kappa shape index (κ1) is 18.2. The van der Waals surface area contributed by atoms with Crippen LogP contribution in [0.2, 0.25) is 0 Å². The minimum absolute atomic E-state index is 0.243. The van der Waals surface area contributed by atoms with Gasteiger partial charge in [-0.25, -0.2) is 8.78 Å². The van der Waals surface area contributed by atoms with E-state index in [9.17, 15) is 8.78 Å². The second-order valence-corrected chi connectivity index (χ2v) is 5.41. The van der Waals surface area contributed by atoms with E-state index in [1.54, 1.807) is 0 Å². The summed E-state index contributed by atoms with van der Waals surface area (Å²) < 4.78 is 38.6. The van der Waals surface area contributed by atoms with Crippen LogP contribution >= 0.6 is 0 Å². The van der Waals surface area contributed by atoms with Crippen LogP contribution in [0.3, 0.4) is 0 Å². The fraction of sp³-hybridized carbons (Fsp3) is 0.368. The highest BCUT2D eigenvalue weighted by molar-refractivity contribution is 5.47. The summed E-state index contributed by atoms with van der Waals surface area (Å²) in [6.07, 6.45) is 0.481. The Bertz CT molecular complexity index is 676. The van der Waals surface area contributed by atoms with Crippen molar-refractivity contribution in [2.24, 2.45) is 5.73 Å². The van der Waals surface area contributed by atoms with Gasteiger partial charge in [-0.15, -0.1) is 0 Å². The predicted octanol–water partition coefficient (Wildman–Crippen LogP) is 4.05. The zero-order chi connectivity index (χ0) is 17.5. The van der Waals surface area contributed by atoms with Crippen molar-refractivity contribution >= 4 is 0 Å². The minimum atomic E-state index is -0.597. The van der Waals surface area contributed by atoms with Crippen molar-refractivity contribution in [3.63, 3.8) is 0 Å². The van der Waals surface area contributed by atoms with Gasteiger partial charge in [0.1, 0.15) is 11.6 Å². The Morgan fingerprint density at radius 1 is 1.04 bits per heavy atom. The summed E-state index contributed by atoms with van der Waals surface area (Å²) in [7, 11) is 0. The molecular formula is C19H23F2NO2. The van der Waals surface area contributed by atoms with Gasteiger partial charge in [0.15, 0.2) is 11.5 Å². The van der Waals surface area contributed by atoms with Gasteiger partial charge in [0.05, 0.1) is 13.2 Å². The lowest BCUT2D eigenvalue weighted by molar-refractivity contribution is 0.285. The van der Waals surface area contributed by atoms with Gasteiger partial charge >= 0.3 is 0 Å². The zero-order valence-corrected chi connectivity index (χ0v) is 14.0. The molecule has 0 saturated heterocycles. The summed E-state index contributed by atoms with van der Waals surface area (Å²) in [5, 5.41) is 0. The molecule has 0 heterocycles. The van der Waals surface area contributed by atoms with Gasteiger partial charge in [-0.05, 0) is 50.1 Å². The Morgan fingerprint density at radius 2 is 1.79 bits per heavy atom. The van der Waals surface area contributed by atoms with Crippen molar-refractivity contribution < 1.29 is 18.3 Å². The molecule has 0 aromatic heterocycles. The number of nitrogens with two attached hydrogens (primary N) is 1. The third kappa shape index (κ3) is 4.23. The van der Waals surface area contributed by atoms with Crippen LogP contribution in [0.25, 0.3) is 0 Å². The van der Waals surface area contributed by atoms with Gasteiger partial charge in [-0.1, -0.05) is 18.2 Å². The average molecular weight is 335 g/mol. The molecule has 0 spiro atoms. The first-order chi connectivity index (χ1) is 11.6. The second kappa shape index (κ2) is 8.64. The zero-order valence-electron chi connectivity index (χ0n) is 14.0. The molecule has 0 amide bonds. The number of para-hydroxylation sites is 1. The third-order valence-electron chi connectivity index (χ3n) is 3.80. The van der Waals surface area contributed by atoms with Gasteiger partial charge < -0.3 is 15.2 Å². The number of rotatable bonds is 8. The molecule has 0 aliphatic carbocycles. The largest absolute Gasteiger partial charge is 0.490 e. The van der Waals surface area contributed by atoms with Crippen LogP contribution in [0.4, 0.5) is 8.78 Å². The Hall–Kier alpha value is -2.14.